The molecule has 0 aliphatic rings. The van der Waals surface area contributed by atoms with Crippen LogP contribution in [0.15, 0.2) is 24.3 Å². The molecule has 0 unspecified atom stereocenters. The van der Waals surface area contributed by atoms with Gasteiger partial charge in [-0.2, -0.15) is 10.4 Å². The van der Waals surface area contributed by atoms with Crippen LogP contribution in [0.2, 0.25) is 0 Å². The van der Waals surface area contributed by atoms with Crippen LogP contribution in [0.4, 0.5) is 11.4 Å². The highest BCUT2D eigenvalue weighted by molar-refractivity contribution is 6.08. The molecule has 0 atom stereocenters. The highest BCUT2D eigenvalue weighted by atomic mass is 16.2. The average molecular weight is 283 g/mol. The third-order valence-electron chi connectivity index (χ3n) is 3.36. The third-order valence-corrected chi connectivity index (χ3v) is 3.36. The zero-order valence-corrected chi connectivity index (χ0v) is 12.3. The van der Waals surface area contributed by atoms with E-state index in [1.165, 1.54) is 4.90 Å². The van der Waals surface area contributed by atoms with Crippen LogP contribution < -0.4 is 10.6 Å². The fourth-order valence-corrected chi connectivity index (χ4v) is 2.09. The number of anilines is 2. The maximum atomic E-state index is 12.6. The first kappa shape index (κ1) is 14.6. The zero-order valence-electron chi connectivity index (χ0n) is 12.3. The first-order valence-electron chi connectivity index (χ1n) is 6.60. The molecule has 0 aliphatic heterocycles. The van der Waals surface area contributed by atoms with Crippen molar-refractivity contribution in [3.63, 3.8) is 0 Å². The smallest absolute Gasteiger partial charge is 0.278 e. The van der Waals surface area contributed by atoms with Crippen molar-refractivity contribution >= 4 is 17.3 Å². The predicted octanol–water partition coefficient (Wildman–Crippen LogP) is 1.94. The second-order valence-electron chi connectivity index (χ2n) is 4.69. The molecule has 0 spiro atoms. The number of aromatic nitrogens is 2. The normalized spacial score (nSPS) is 10.2. The van der Waals surface area contributed by atoms with Crippen LogP contribution in [0.5, 0.6) is 0 Å². The lowest BCUT2D eigenvalue weighted by Crippen LogP contribution is -2.29. The Hall–Kier alpha value is -2.81. The fourth-order valence-electron chi connectivity index (χ4n) is 2.09. The highest BCUT2D eigenvalue weighted by Crippen LogP contribution is 2.21. The van der Waals surface area contributed by atoms with Gasteiger partial charge in [-0.15, -0.1) is 0 Å². The number of rotatable bonds is 3. The second kappa shape index (κ2) is 5.67. The Balaban J connectivity index is 2.37. The van der Waals surface area contributed by atoms with Crippen molar-refractivity contribution in [2.45, 2.75) is 20.4 Å². The lowest BCUT2D eigenvalue weighted by molar-refractivity contribution is 0.0983. The number of nitrogens with two attached hydrogens (primary N) is 1. The molecule has 1 aromatic heterocycles. The van der Waals surface area contributed by atoms with Crippen molar-refractivity contribution in [3.05, 3.63) is 41.2 Å². The fraction of sp³-hybridized carbons (Fsp3) is 0.267. The number of amides is 1. The maximum absolute atomic E-state index is 12.6. The molecule has 0 radical (unpaired) electrons. The van der Waals surface area contributed by atoms with Crippen molar-refractivity contribution < 1.29 is 4.79 Å². The van der Waals surface area contributed by atoms with Crippen LogP contribution in [0.25, 0.3) is 0 Å². The van der Waals surface area contributed by atoms with Gasteiger partial charge in [0.05, 0.1) is 23.0 Å². The molecule has 0 bridgehead atoms. The summed E-state index contributed by atoms with van der Waals surface area (Å²) in [4.78, 5) is 14.1. The van der Waals surface area contributed by atoms with Gasteiger partial charge in [-0.1, -0.05) is 0 Å². The molecule has 1 heterocycles. The number of nitrogen functional groups attached to an aromatic ring is 1. The van der Waals surface area contributed by atoms with Crippen molar-refractivity contribution in [3.8, 4) is 6.07 Å². The van der Waals surface area contributed by atoms with E-state index in [2.05, 4.69) is 5.10 Å². The van der Waals surface area contributed by atoms with Gasteiger partial charge in [-0.05, 0) is 38.1 Å². The van der Waals surface area contributed by atoms with Gasteiger partial charge < -0.3 is 10.6 Å². The summed E-state index contributed by atoms with van der Waals surface area (Å²) >= 11 is 0. The summed E-state index contributed by atoms with van der Waals surface area (Å²) in [5.74, 6) is -0.223. The number of carbonyl (C=O) groups is 1. The number of nitriles is 1. The van der Waals surface area contributed by atoms with Crippen LogP contribution in [0.1, 0.15) is 28.7 Å². The molecule has 1 amide bonds. The molecule has 1 aromatic carbocycles. The van der Waals surface area contributed by atoms with Gasteiger partial charge in [0.1, 0.15) is 5.69 Å². The Kier molecular flexibility index (Phi) is 3.94. The second-order valence-corrected chi connectivity index (χ2v) is 4.69. The maximum Gasteiger partial charge on any atom is 0.278 e. The summed E-state index contributed by atoms with van der Waals surface area (Å²) in [6.07, 6.45) is 0. The highest BCUT2D eigenvalue weighted by Gasteiger charge is 2.23. The molecule has 2 aromatic rings. The number of hydrogen-bond donors (Lipinski definition) is 1. The average Bonchev–Trinajstić information content (AvgIpc) is 2.81. The number of hydrogen-bond acceptors (Lipinski definition) is 4. The van der Waals surface area contributed by atoms with E-state index in [4.69, 9.17) is 11.0 Å². The van der Waals surface area contributed by atoms with Crippen LogP contribution in [-0.2, 0) is 6.54 Å². The minimum Gasteiger partial charge on any atom is -0.395 e. The van der Waals surface area contributed by atoms with Crippen LogP contribution in [0.3, 0.4) is 0 Å². The molecular formula is C15H17N5O. The molecule has 0 saturated heterocycles. The molecule has 21 heavy (non-hydrogen) atoms. The van der Waals surface area contributed by atoms with Gasteiger partial charge in [0.2, 0.25) is 0 Å². The van der Waals surface area contributed by atoms with E-state index in [-0.39, 0.29) is 5.91 Å². The van der Waals surface area contributed by atoms with E-state index in [0.29, 0.717) is 34.9 Å². The standard InChI is InChI=1S/C15H17N5O/c1-4-20-14(13(17)10(2)18-20)15(21)19(3)12-7-5-11(9-16)6-8-12/h5-8H,4,17H2,1-3H3. The summed E-state index contributed by atoms with van der Waals surface area (Å²) in [5, 5.41) is 13.1. The first-order chi connectivity index (χ1) is 9.99. The summed E-state index contributed by atoms with van der Waals surface area (Å²) < 4.78 is 1.60. The summed E-state index contributed by atoms with van der Waals surface area (Å²) in [7, 11) is 1.67. The minimum absolute atomic E-state index is 0.223. The zero-order chi connectivity index (χ0) is 15.6. The SMILES string of the molecule is CCn1nc(C)c(N)c1C(=O)N(C)c1ccc(C#N)cc1. The van der Waals surface area contributed by atoms with Crippen molar-refractivity contribution in [1.82, 2.24) is 9.78 Å². The number of carbonyl (C=O) groups excluding carboxylic acids is 1. The molecule has 0 saturated carbocycles. The molecule has 2 N–H and O–H groups in total. The van der Waals surface area contributed by atoms with Crippen molar-refractivity contribution in [1.29, 1.82) is 5.26 Å². The molecule has 108 valence electrons. The van der Waals surface area contributed by atoms with Gasteiger partial charge in [0.15, 0.2) is 0 Å². The van der Waals surface area contributed by atoms with Gasteiger partial charge in [-0.3, -0.25) is 9.48 Å². The van der Waals surface area contributed by atoms with Crippen molar-refractivity contribution in [2.24, 2.45) is 0 Å². The molecule has 6 nitrogen and oxygen atoms in total. The summed E-state index contributed by atoms with van der Waals surface area (Å²) in [6.45, 7) is 4.25. The Morgan fingerprint density at radius 2 is 2.05 bits per heavy atom. The third kappa shape index (κ3) is 2.58. The largest absolute Gasteiger partial charge is 0.395 e. The minimum atomic E-state index is -0.223. The van der Waals surface area contributed by atoms with E-state index < -0.39 is 0 Å². The summed E-state index contributed by atoms with van der Waals surface area (Å²) in [5.41, 5.74) is 8.65. The van der Waals surface area contributed by atoms with E-state index in [1.807, 2.05) is 13.0 Å². The topological polar surface area (TPSA) is 87.9 Å². The Bertz CT molecular complexity index is 709. The predicted molar refractivity (Wildman–Crippen MR) is 80.9 cm³/mol. The van der Waals surface area contributed by atoms with Crippen molar-refractivity contribution in [2.75, 3.05) is 17.7 Å². The van der Waals surface area contributed by atoms with Gasteiger partial charge in [0, 0.05) is 19.3 Å². The summed E-state index contributed by atoms with van der Waals surface area (Å²) in [6, 6.07) is 8.85. The molecular weight excluding hydrogens is 266 g/mol. The molecule has 0 fully saturated rings. The number of benzene rings is 1. The van der Waals surface area contributed by atoms with Gasteiger partial charge >= 0.3 is 0 Å². The lowest BCUT2D eigenvalue weighted by atomic mass is 10.2. The number of aryl methyl sites for hydroxylation is 2. The quantitative estimate of drug-likeness (QED) is 0.932. The Morgan fingerprint density at radius 1 is 1.43 bits per heavy atom. The van der Waals surface area contributed by atoms with E-state index in [9.17, 15) is 4.79 Å². The van der Waals surface area contributed by atoms with E-state index in [1.54, 1.807) is 42.9 Å². The van der Waals surface area contributed by atoms with Crippen LogP contribution >= 0.6 is 0 Å². The molecule has 6 heteroatoms. The monoisotopic (exact) mass is 283 g/mol. The Labute approximate surface area is 123 Å². The van der Waals surface area contributed by atoms with Gasteiger partial charge in [0.25, 0.3) is 5.91 Å². The van der Waals surface area contributed by atoms with E-state index in [0.717, 1.165) is 0 Å². The Morgan fingerprint density at radius 3 is 2.57 bits per heavy atom. The van der Waals surface area contributed by atoms with Crippen LogP contribution in [-0.4, -0.2) is 22.7 Å². The van der Waals surface area contributed by atoms with Gasteiger partial charge in [-0.25, -0.2) is 0 Å². The molecule has 0 aliphatic carbocycles. The van der Waals surface area contributed by atoms with Crippen LogP contribution in [0, 0.1) is 18.3 Å². The molecule has 2 rings (SSSR count). The first-order valence-corrected chi connectivity index (χ1v) is 6.60. The van der Waals surface area contributed by atoms with E-state index >= 15 is 0 Å². The number of nitrogens with zero attached hydrogens (tertiary/aromatic N) is 4. The lowest BCUT2D eigenvalue weighted by Gasteiger charge is -2.18.